The van der Waals surface area contributed by atoms with E-state index in [0.29, 0.717) is 38.2 Å². The first-order chi connectivity index (χ1) is 14.2. The van der Waals surface area contributed by atoms with Crippen LogP contribution in [0.25, 0.3) is 0 Å². The van der Waals surface area contributed by atoms with Crippen molar-refractivity contribution < 1.29 is 9.50 Å². The zero-order chi connectivity index (χ0) is 20.5. The standard InChI is InChI=1S/C22H36FN5O/c1-2-24-22(25-10-15-27-11-4-3-5-12-27)26-17-18-6-7-21(20(23)16-18)28-13-8-19(29)9-14-28/h6-7,16,19,29H,2-5,8-15,17H2,1H3,(H2,24,25,26). The van der Waals surface area contributed by atoms with Crippen LogP contribution in [0.1, 0.15) is 44.6 Å². The molecule has 0 amide bonds. The molecule has 0 atom stereocenters. The van der Waals surface area contributed by atoms with Gasteiger partial charge in [-0.15, -0.1) is 0 Å². The van der Waals surface area contributed by atoms with E-state index in [4.69, 9.17) is 0 Å². The molecule has 0 bridgehead atoms. The van der Waals surface area contributed by atoms with Gasteiger partial charge in [0.15, 0.2) is 5.96 Å². The van der Waals surface area contributed by atoms with Crippen LogP contribution in [-0.2, 0) is 6.54 Å². The number of benzene rings is 1. The summed E-state index contributed by atoms with van der Waals surface area (Å²) in [5.41, 5.74) is 1.48. The molecule has 162 valence electrons. The number of aliphatic imine (C=N–C) groups is 1. The molecule has 29 heavy (non-hydrogen) atoms. The third kappa shape index (κ3) is 6.85. The molecular formula is C22H36FN5O. The molecule has 3 N–H and O–H groups in total. The topological polar surface area (TPSA) is 63.1 Å². The summed E-state index contributed by atoms with van der Waals surface area (Å²) in [6.45, 7) is 8.94. The second-order valence-corrected chi connectivity index (χ2v) is 8.03. The molecule has 0 aliphatic carbocycles. The SMILES string of the molecule is CCNC(=NCc1ccc(N2CCC(O)CC2)c(F)c1)NCCN1CCCCC1. The van der Waals surface area contributed by atoms with E-state index in [2.05, 4.69) is 20.5 Å². The molecule has 0 spiro atoms. The molecule has 0 aromatic heterocycles. The van der Waals surface area contributed by atoms with E-state index in [1.165, 1.54) is 32.4 Å². The summed E-state index contributed by atoms with van der Waals surface area (Å²) >= 11 is 0. The molecule has 2 heterocycles. The number of rotatable bonds is 7. The summed E-state index contributed by atoms with van der Waals surface area (Å²) in [5.74, 6) is 0.566. The van der Waals surface area contributed by atoms with E-state index in [1.807, 2.05) is 24.0 Å². The molecule has 2 fully saturated rings. The van der Waals surface area contributed by atoms with Crippen LogP contribution in [0.15, 0.2) is 23.2 Å². The minimum Gasteiger partial charge on any atom is -0.393 e. The summed E-state index contributed by atoms with van der Waals surface area (Å²) in [6.07, 6.45) is 5.08. The van der Waals surface area contributed by atoms with Gasteiger partial charge in [-0.1, -0.05) is 12.5 Å². The molecule has 6 nitrogen and oxygen atoms in total. The van der Waals surface area contributed by atoms with Crippen molar-refractivity contribution in [2.24, 2.45) is 4.99 Å². The number of nitrogens with zero attached hydrogens (tertiary/aromatic N) is 3. The Kier molecular flexibility index (Phi) is 8.55. The summed E-state index contributed by atoms with van der Waals surface area (Å²) in [6, 6.07) is 5.38. The lowest BCUT2D eigenvalue weighted by Gasteiger charge is -2.31. The van der Waals surface area contributed by atoms with Gasteiger partial charge in [-0.2, -0.15) is 0 Å². The highest BCUT2D eigenvalue weighted by Gasteiger charge is 2.19. The highest BCUT2D eigenvalue weighted by molar-refractivity contribution is 5.79. The van der Waals surface area contributed by atoms with Crippen LogP contribution in [0.2, 0.25) is 0 Å². The Bertz CT molecular complexity index is 655. The quantitative estimate of drug-likeness (QED) is 0.480. The number of guanidine groups is 1. The van der Waals surface area contributed by atoms with Crippen molar-refractivity contribution in [1.82, 2.24) is 15.5 Å². The van der Waals surface area contributed by atoms with Crippen molar-refractivity contribution >= 4 is 11.6 Å². The monoisotopic (exact) mass is 405 g/mol. The number of aliphatic hydroxyl groups is 1. The predicted molar refractivity (Wildman–Crippen MR) is 117 cm³/mol. The maximum Gasteiger partial charge on any atom is 0.191 e. The lowest BCUT2D eigenvalue weighted by atomic mass is 10.1. The van der Waals surface area contributed by atoms with E-state index < -0.39 is 0 Å². The van der Waals surface area contributed by atoms with Crippen molar-refractivity contribution in [2.45, 2.75) is 51.7 Å². The third-order valence-electron chi connectivity index (χ3n) is 5.75. The second kappa shape index (κ2) is 11.4. The Morgan fingerprint density at radius 3 is 2.59 bits per heavy atom. The first-order valence-electron chi connectivity index (χ1n) is 11.1. The second-order valence-electron chi connectivity index (χ2n) is 8.03. The van der Waals surface area contributed by atoms with Crippen LogP contribution in [0, 0.1) is 5.82 Å². The molecule has 7 heteroatoms. The maximum absolute atomic E-state index is 14.6. The molecule has 2 aliphatic rings. The van der Waals surface area contributed by atoms with Gasteiger partial charge in [-0.05, 0) is 63.4 Å². The molecule has 1 aromatic rings. The van der Waals surface area contributed by atoms with E-state index in [-0.39, 0.29) is 11.9 Å². The normalized spacial score (nSPS) is 19.4. The third-order valence-corrected chi connectivity index (χ3v) is 5.75. The van der Waals surface area contributed by atoms with Crippen molar-refractivity contribution in [3.05, 3.63) is 29.6 Å². The Morgan fingerprint density at radius 1 is 1.14 bits per heavy atom. The number of piperidine rings is 2. The minimum absolute atomic E-state index is 0.211. The summed E-state index contributed by atoms with van der Waals surface area (Å²) < 4.78 is 14.6. The van der Waals surface area contributed by atoms with Crippen molar-refractivity contribution in [3.8, 4) is 0 Å². The summed E-state index contributed by atoms with van der Waals surface area (Å²) in [5, 5.41) is 16.3. The van der Waals surface area contributed by atoms with E-state index in [9.17, 15) is 9.50 Å². The molecule has 0 radical (unpaired) electrons. The van der Waals surface area contributed by atoms with Crippen LogP contribution in [0.5, 0.6) is 0 Å². The number of likely N-dealkylation sites (tertiary alicyclic amines) is 1. The van der Waals surface area contributed by atoms with Gasteiger partial charge in [0.2, 0.25) is 0 Å². The van der Waals surface area contributed by atoms with E-state index >= 15 is 0 Å². The summed E-state index contributed by atoms with van der Waals surface area (Å²) in [4.78, 5) is 9.13. The number of hydrogen-bond donors (Lipinski definition) is 3. The Labute approximate surface area is 174 Å². The molecule has 2 saturated heterocycles. The minimum atomic E-state index is -0.255. The Morgan fingerprint density at radius 2 is 1.90 bits per heavy atom. The first kappa shape index (κ1) is 21.8. The molecule has 0 unspecified atom stereocenters. The van der Waals surface area contributed by atoms with Crippen LogP contribution in [0.3, 0.4) is 0 Å². The number of nitrogens with one attached hydrogen (secondary N) is 2. The zero-order valence-corrected chi connectivity index (χ0v) is 17.7. The van der Waals surface area contributed by atoms with Crippen molar-refractivity contribution in [3.63, 3.8) is 0 Å². The average Bonchev–Trinajstić information content (AvgIpc) is 2.74. The van der Waals surface area contributed by atoms with Gasteiger partial charge in [-0.3, -0.25) is 0 Å². The highest BCUT2D eigenvalue weighted by Crippen LogP contribution is 2.24. The predicted octanol–water partition coefficient (Wildman–Crippen LogP) is 2.33. The van der Waals surface area contributed by atoms with E-state index in [1.54, 1.807) is 6.07 Å². The van der Waals surface area contributed by atoms with Gasteiger partial charge < -0.3 is 25.5 Å². The fraction of sp³-hybridized carbons (Fsp3) is 0.682. The number of hydrogen-bond acceptors (Lipinski definition) is 4. The zero-order valence-electron chi connectivity index (χ0n) is 17.7. The van der Waals surface area contributed by atoms with Gasteiger partial charge >= 0.3 is 0 Å². The van der Waals surface area contributed by atoms with Gasteiger partial charge in [0.05, 0.1) is 18.3 Å². The van der Waals surface area contributed by atoms with Crippen molar-refractivity contribution in [2.75, 3.05) is 50.7 Å². The maximum atomic E-state index is 14.6. The van der Waals surface area contributed by atoms with Gasteiger partial charge in [0.25, 0.3) is 0 Å². The van der Waals surface area contributed by atoms with Gasteiger partial charge in [0, 0.05) is 32.7 Å². The van der Waals surface area contributed by atoms with Gasteiger partial charge in [-0.25, -0.2) is 9.38 Å². The first-order valence-corrected chi connectivity index (χ1v) is 11.1. The highest BCUT2D eigenvalue weighted by atomic mass is 19.1. The van der Waals surface area contributed by atoms with Crippen molar-refractivity contribution in [1.29, 1.82) is 0 Å². The smallest absolute Gasteiger partial charge is 0.191 e. The Hall–Kier alpha value is -1.86. The molecule has 1 aromatic carbocycles. The summed E-state index contributed by atoms with van der Waals surface area (Å²) in [7, 11) is 0. The lowest BCUT2D eigenvalue weighted by molar-refractivity contribution is 0.145. The number of anilines is 1. The molecular weight excluding hydrogens is 369 g/mol. The molecule has 0 saturated carbocycles. The largest absolute Gasteiger partial charge is 0.393 e. The van der Waals surface area contributed by atoms with Gasteiger partial charge in [0.1, 0.15) is 5.82 Å². The number of aliphatic hydroxyl groups excluding tert-OH is 1. The van der Waals surface area contributed by atoms with Crippen LogP contribution in [0.4, 0.5) is 10.1 Å². The van der Waals surface area contributed by atoms with Crippen LogP contribution >= 0.6 is 0 Å². The average molecular weight is 406 g/mol. The van der Waals surface area contributed by atoms with Crippen LogP contribution < -0.4 is 15.5 Å². The molecule has 3 rings (SSSR count). The number of halogens is 1. The molecule has 2 aliphatic heterocycles. The fourth-order valence-electron chi connectivity index (χ4n) is 4.04. The fourth-order valence-corrected chi connectivity index (χ4v) is 4.04. The van der Waals surface area contributed by atoms with E-state index in [0.717, 1.165) is 31.2 Å². The lowest BCUT2D eigenvalue weighted by Crippen LogP contribution is -2.42. The van der Waals surface area contributed by atoms with Crippen LogP contribution in [-0.4, -0.2) is 67.9 Å². The Balaban J connectivity index is 1.52.